The molecule has 144 valence electrons. The Morgan fingerprint density at radius 2 is 1.27 bits per heavy atom. The summed E-state index contributed by atoms with van der Waals surface area (Å²) in [7, 11) is 0. The summed E-state index contributed by atoms with van der Waals surface area (Å²) in [5.41, 5.74) is 0. The number of likely N-dealkylation sites (tertiary alicyclic amines) is 1. The molecule has 0 aromatic rings. The van der Waals surface area contributed by atoms with Gasteiger partial charge in [-0.05, 0) is 50.4 Å². The van der Waals surface area contributed by atoms with E-state index in [-0.39, 0.29) is 47.5 Å². The summed E-state index contributed by atoms with van der Waals surface area (Å²) in [4.78, 5) is 52.2. The minimum Gasteiger partial charge on any atom is -0.280 e. The summed E-state index contributed by atoms with van der Waals surface area (Å²) in [6.07, 6.45) is 4.27. The summed E-state index contributed by atoms with van der Waals surface area (Å²) in [6.45, 7) is 7.16. The fraction of sp³-hybridized carbons (Fsp3) is 0.800. The van der Waals surface area contributed by atoms with E-state index in [0.717, 1.165) is 12.8 Å². The van der Waals surface area contributed by atoms with E-state index in [2.05, 4.69) is 13.8 Å². The fourth-order valence-electron chi connectivity index (χ4n) is 5.28. The molecule has 1 heterocycles. The molecule has 4 atom stereocenters. The molecule has 0 bridgehead atoms. The van der Waals surface area contributed by atoms with E-state index >= 15 is 0 Å². The van der Waals surface area contributed by atoms with Crippen LogP contribution in [0.5, 0.6) is 0 Å². The minimum atomic E-state index is -0.233. The largest absolute Gasteiger partial charge is 0.280 e. The van der Waals surface area contributed by atoms with E-state index in [9.17, 15) is 19.2 Å². The second kappa shape index (κ2) is 7.12. The Morgan fingerprint density at radius 3 is 1.65 bits per heavy atom. The van der Waals surface area contributed by atoms with Crippen LogP contribution in [0.4, 0.5) is 0 Å². The smallest absolute Gasteiger partial charge is 0.233 e. The van der Waals surface area contributed by atoms with E-state index < -0.39 is 0 Å². The first kappa shape index (κ1) is 19.1. The maximum atomic E-state index is 12.9. The zero-order valence-corrected chi connectivity index (χ0v) is 16.2. The van der Waals surface area contributed by atoms with Crippen LogP contribution >= 0.6 is 0 Å². The molecule has 0 spiro atoms. The van der Waals surface area contributed by atoms with Crippen LogP contribution in [0.3, 0.4) is 0 Å². The van der Waals surface area contributed by atoms with E-state index in [0.29, 0.717) is 37.5 Å². The van der Waals surface area contributed by atoms with Crippen molar-refractivity contribution in [2.45, 2.75) is 78.3 Å². The summed E-state index contributed by atoms with van der Waals surface area (Å²) in [5, 5.41) is 0. The molecule has 4 amide bonds. The maximum absolute atomic E-state index is 12.9. The molecule has 1 saturated heterocycles. The van der Waals surface area contributed by atoms with Crippen molar-refractivity contribution in [3.05, 3.63) is 0 Å². The van der Waals surface area contributed by atoms with Crippen LogP contribution in [-0.4, -0.2) is 45.5 Å². The van der Waals surface area contributed by atoms with Gasteiger partial charge in [0.15, 0.2) is 0 Å². The van der Waals surface area contributed by atoms with Crippen LogP contribution in [0.15, 0.2) is 0 Å². The van der Waals surface area contributed by atoms with Crippen LogP contribution in [0.2, 0.25) is 0 Å². The molecule has 1 aliphatic heterocycles. The van der Waals surface area contributed by atoms with Crippen LogP contribution in [0.1, 0.15) is 66.2 Å². The van der Waals surface area contributed by atoms with Crippen molar-refractivity contribution in [1.29, 1.82) is 0 Å². The van der Waals surface area contributed by atoms with E-state index in [1.807, 2.05) is 0 Å². The lowest BCUT2D eigenvalue weighted by atomic mass is 9.70. The third-order valence-electron chi connectivity index (χ3n) is 6.89. The van der Waals surface area contributed by atoms with Crippen molar-refractivity contribution in [2.24, 2.45) is 23.7 Å². The number of imide groups is 2. The molecule has 0 N–H and O–H groups in total. The molecule has 0 radical (unpaired) electrons. The van der Waals surface area contributed by atoms with Crippen LogP contribution < -0.4 is 0 Å². The number of nitrogens with zero attached hydrogens (tertiary/aromatic N) is 2. The Labute approximate surface area is 155 Å². The quantitative estimate of drug-likeness (QED) is 0.707. The molecule has 26 heavy (non-hydrogen) atoms. The Balaban J connectivity index is 1.68. The Hall–Kier alpha value is -1.72. The van der Waals surface area contributed by atoms with Gasteiger partial charge in [0.05, 0.1) is 11.8 Å². The lowest BCUT2D eigenvalue weighted by molar-refractivity contribution is -0.149. The zero-order chi connectivity index (χ0) is 19.2. The molecule has 3 aliphatic rings. The monoisotopic (exact) mass is 362 g/mol. The zero-order valence-electron chi connectivity index (χ0n) is 16.2. The van der Waals surface area contributed by atoms with E-state index in [1.54, 1.807) is 4.90 Å². The molecular weight excluding hydrogens is 332 g/mol. The second-order valence-electron chi connectivity index (χ2n) is 8.56. The van der Waals surface area contributed by atoms with Gasteiger partial charge in [0, 0.05) is 25.9 Å². The molecule has 2 saturated carbocycles. The minimum absolute atomic E-state index is 0.0113. The molecule has 0 aromatic carbocycles. The topological polar surface area (TPSA) is 74.8 Å². The normalized spacial score (nSPS) is 37.5. The predicted molar refractivity (Wildman–Crippen MR) is 95.6 cm³/mol. The van der Waals surface area contributed by atoms with Gasteiger partial charge in [-0.25, -0.2) is 0 Å². The van der Waals surface area contributed by atoms with Crippen molar-refractivity contribution >= 4 is 23.6 Å². The van der Waals surface area contributed by atoms with Gasteiger partial charge in [0.1, 0.15) is 0 Å². The molecule has 4 unspecified atom stereocenters. The molecule has 0 aromatic heterocycles. The molecule has 3 rings (SSSR count). The Morgan fingerprint density at radius 1 is 0.846 bits per heavy atom. The van der Waals surface area contributed by atoms with Crippen molar-refractivity contribution in [3.63, 3.8) is 0 Å². The van der Waals surface area contributed by atoms with Gasteiger partial charge in [0.2, 0.25) is 23.6 Å². The van der Waals surface area contributed by atoms with Crippen LogP contribution in [0, 0.1) is 23.7 Å². The summed E-state index contributed by atoms with van der Waals surface area (Å²) < 4.78 is 0. The SMILES string of the molecule is CC(=O)N(C(C)=O)C1CCC(N2C(=O)C3CC(C)C(C)CC3C2=O)CC1. The predicted octanol–water partition coefficient (Wildman–Crippen LogP) is 2.36. The van der Waals surface area contributed by atoms with Crippen molar-refractivity contribution in [3.8, 4) is 0 Å². The highest BCUT2D eigenvalue weighted by Gasteiger charge is 2.53. The van der Waals surface area contributed by atoms with Gasteiger partial charge >= 0.3 is 0 Å². The first-order chi connectivity index (χ1) is 12.2. The number of carbonyl (C=O) groups is 4. The molecular formula is C20H30N2O4. The van der Waals surface area contributed by atoms with Crippen molar-refractivity contribution in [2.75, 3.05) is 0 Å². The second-order valence-corrected chi connectivity index (χ2v) is 8.56. The average Bonchev–Trinajstić information content (AvgIpc) is 2.79. The summed E-state index contributed by atoms with van der Waals surface area (Å²) in [5.74, 6) is 0.224. The highest BCUT2D eigenvalue weighted by Crippen LogP contribution is 2.45. The molecule has 6 nitrogen and oxygen atoms in total. The van der Waals surface area contributed by atoms with Gasteiger partial charge in [-0.15, -0.1) is 0 Å². The lowest BCUT2D eigenvalue weighted by Gasteiger charge is -2.37. The summed E-state index contributed by atoms with van der Waals surface area (Å²) >= 11 is 0. The number of carbonyl (C=O) groups excluding carboxylic acids is 4. The van der Waals surface area contributed by atoms with E-state index in [4.69, 9.17) is 0 Å². The Bertz CT molecular complexity index is 581. The van der Waals surface area contributed by atoms with Gasteiger partial charge in [-0.2, -0.15) is 0 Å². The van der Waals surface area contributed by atoms with Crippen LogP contribution in [0.25, 0.3) is 0 Å². The highest BCUT2D eigenvalue weighted by atomic mass is 16.2. The van der Waals surface area contributed by atoms with Gasteiger partial charge in [-0.3, -0.25) is 29.0 Å². The molecule has 6 heteroatoms. The standard InChI is InChI=1S/C20H30N2O4/c1-11-9-17-18(10-12(11)2)20(26)22(19(17)25)16-7-5-15(6-8-16)21(13(3)23)14(4)24/h11-12,15-18H,5-10H2,1-4H3. The lowest BCUT2D eigenvalue weighted by Crippen LogP contribution is -2.49. The highest BCUT2D eigenvalue weighted by molar-refractivity contribution is 6.05. The third-order valence-corrected chi connectivity index (χ3v) is 6.89. The average molecular weight is 362 g/mol. The number of rotatable bonds is 2. The number of hydrogen-bond acceptors (Lipinski definition) is 4. The van der Waals surface area contributed by atoms with Gasteiger partial charge in [-0.1, -0.05) is 13.8 Å². The fourth-order valence-corrected chi connectivity index (χ4v) is 5.28. The first-order valence-electron chi connectivity index (χ1n) is 9.89. The first-order valence-corrected chi connectivity index (χ1v) is 9.89. The van der Waals surface area contributed by atoms with Gasteiger partial charge < -0.3 is 0 Å². The molecule has 2 aliphatic carbocycles. The molecule has 3 fully saturated rings. The number of amides is 4. The van der Waals surface area contributed by atoms with Crippen molar-refractivity contribution < 1.29 is 19.2 Å². The number of fused-ring (bicyclic) bond motifs is 1. The summed E-state index contributed by atoms with van der Waals surface area (Å²) in [6, 6.07) is -0.195. The number of hydrogen-bond donors (Lipinski definition) is 0. The van der Waals surface area contributed by atoms with Gasteiger partial charge in [0.25, 0.3) is 0 Å². The Kier molecular flexibility index (Phi) is 5.22. The van der Waals surface area contributed by atoms with Crippen LogP contribution in [-0.2, 0) is 19.2 Å². The third kappa shape index (κ3) is 3.19. The maximum Gasteiger partial charge on any atom is 0.233 e. The van der Waals surface area contributed by atoms with Crippen molar-refractivity contribution in [1.82, 2.24) is 9.80 Å². The van der Waals surface area contributed by atoms with E-state index in [1.165, 1.54) is 18.7 Å².